The lowest BCUT2D eigenvalue weighted by Crippen LogP contribution is -2.57. The molecule has 0 spiro atoms. The number of hydrogen-bond donors (Lipinski definition) is 0. The van der Waals surface area contributed by atoms with E-state index in [9.17, 15) is 0 Å². The molecule has 0 aliphatic carbocycles. The molecule has 0 saturated heterocycles. The lowest BCUT2D eigenvalue weighted by molar-refractivity contribution is 1.09. The Balaban J connectivity index is 2.16. The van der Waals surface area contributed by atoms with Crippen LogP contribution in [-0.2, 0) is 0 Å². The highest BCUT2D eigenvalue weighted by molar-refractivity contribution is 9.09. The molecule has 0 aliphatic rings. The third-order valence-corrected chi connectivity index (χ3v) is 9.27. The van der Waals surface area contributed by atoms with Crippen LogP contribution in [-0.4, -0.2) is 13.4 Å². The Morgan fingerprint density at radius 1 is 0.680 bits per heavy atom. The SMILES string of the molecule is BrCCC[Si](C#Cc1ccccc1)(c1ccccc1)c1ccccc1. The van der Waals surface area contributed by atoms with Gasteiger partial charge in [0, 0.05) is 10.9 Å². The van der Waals surface area contributed by atoms with Crippen LogP contribution in [0.4, 0.5) is 0 Å². The van der Waals surface area contributed by atoms with Crippen molar-refractivity contribution in [2.75, 3.05) is 5.33 Å². The van der Waals surface area contributed by atoms with E-state index in [1.54, 1.807) is 0 Å². The van der Waals surface area contributed by atoms with Crippen molar-refractivity contribution in [3.05, 3.63) is 96.6 Å². The maximum absolute atomic E-state index is 3.78. The molecule has 2 heteroatoms. The summed E-state index contributed by atoms with van der Waals surface area (Å²) >= 11 is 3.62. The van der Waals surface area contributed by atoms with Gasteiger partial charge in [-0.2, -0.15) is 0 Å². The van der Waals surface area contributed by atoms with Gasteiger partial charge in [-0.05, 0) is 35.0 Å². The monoisotopic (exact) mass is 404 g/mol. The fourth-order valence-electron chi connectivity index (χ4n) is 3.14. The Hall–Kier alpha value is -2.08. The molecule has 0 radical (unpaired) electrons. The molecule has 0 amide bonds. The van der Waals surface area contributed by atoms with Crippen LogP contribution >= 0.6 is 15.9 Å². The molecule has 0 aromatic heterocycles. The Labute approximate surface area is 160 Å². The van der Waals surface area contributed by atoms with Crippen molar-refractivity contribution in [3.63, 3.8) is 0 Å². The maximum Gasteiger partial charge on any atom is 0.199 e. The second kappa shape index (κ2) is 8.85. The summed E-state index contributed by atoms with van der Waals surface area (Å²) in [5.41, 5.74) is 4.87. The molecule has 25 heavy (non-hydrogen) atoms. The van der Waals surface area contributed by atoms with Gasteiger partial charge in [0.15, 0.2) is 8.07 Å². The van der Waals surface area contributed by atoms with E-state index in [4.69, 9.17) is 0 Å². The van der Waals surface area contributed by atoms with Crippen LogP contribution in [0, 0.1) is 11.5 Å². The minimum Gasteiger partial charge on any atom is -0.115 e. The quantitative estimate of drug-likeness (QED) is 0.330. The molecule has 0 heterocycles. The molecular weight excluding hydrogens is 384 g/mol. The van der Waals surface area contributed by atoms with Crippen molar-refractivity contribution >= 4 is 34.4 Å². The van der Waals surface area contributed by atoms with Gasteiger partial charge in [-0.3, -0.25) is 0 Å². The third kappa shape index (κ3) is 4.31. The molecule has 0 nitrogen and oxygen atoms in total. The zero-order valence-corrected chi connectivity index (χ0v) is 16.7. The second-order valence-electron chi connectivity index (χ2n) is 6.05. The van der Waals surface area contributed by atoms with Crippen molar-refractivity contribution < 1.29 is 0 Å². The molecule has 0 fully saturated rings. The predicted molar refractivity (Wildman–Crippen MR) is 114 cm³/mol. The van der Waals surface area contributed by atoms with Crippen LogP contribution < -0.4 is 10.4 Å². The first-order valence-electron chi connectivity index (χ1n) is 8.60. The zero-order valence-electron chi connectivity index (χ0n) is 14.2. The maximum atomic E-state index is 3.78. The molecule has 0 bridgehead atoms. The van der Waals surface area contributed by atoms with E-state index in [1.165, 1.54) is 10.4 Å². The van der Waals surface area contributed by atoms with Crippen molar-refractivity contribution in [2.45, 2.75) is 12.5 Å². The average molecular weight is 405 g/mol. The van der Waals surface area contributed by atoms with E-state index in [0.29, 0.717) is 0 Å². The van der Waals surface area contributed by atoms with Crippen molar-refractivity contribution in [3.8, 4) is 11.5 Å². The summed E-state index contributed by atoms with van der Waals surface area (Å²) in [6, 6.07) is 33.2. The third-order valence-electron chi connectivity index (χ3n) is 4.41. The van der Waals surface area contributed by atoms with Crippen LogP contribution in [0.3, 0.4) is 0 Å². The summed E-state index contributed by atoms with van der Waals surface area (Å²) in [5, 5.41) is 3.80. The summed E-state index contributed by atoms with van der Waals surface area (Å²) in [6.45, 7) is 0. The number of rotatable bonds is 5. The first-order chi connectivity index (χ1) is 12.3. The Morgan fingerprint density at radius 2 is 1.16 bits per heavy atom. The van der Waals surface area contributed by atoms with Gasteiger partial charge >= 0.3 is 0 Å². The highest BCUT2D eigenvalue weighted by atomic mass is 79.9. The lowest BCUT2D eigenvalue weighted by atomic mass is 10.2. The normalized spacial score (nSPS) is 10.8. The van der Waals surface area contributed by atoms with Crippen LogP contribution in [0.5, 0.6) is 0 Å². The molecular formula is C23H21BrSi. The minimum absolute atomic E-state index is 1.01. The molecule has 0 unspecified atom stereocenters. The van der Waals surface area contributed by atoms with E-state index in [2.05, 4.69) is 112 Å². The van der Waals surface area contributed by atoms with Crippen molar-refractivity contribution in [1.29, 1.82) is 0 Å². The van der Waals surface area contributed by atoms with Crippen molar-refractivity contribution in [2.24, 2.45) is 0 Å². The smallest absolute Gasteiger partial charge is 0.115 e. The number of hydrogen-bond acceptors (Lipinski definition) is 0. The van der Waals surface area contributed by atoms with Gasteiger partial charge in [0.1, 0.15) is 0 Å². The van der Waals surface area contributed by atoms with Gasteiger partial charge in [0.05, 0.1) is 0 Å². The van der Waals surface area contributed by atoms with Gasteiger partial charge in [0.25, 0.3) is 0 Å². The molecule has 124 valence electrons. The molecule has 0 aliphatic heterocycles. The highest BCUT2D eigenvalue weighted by Crippen LogP contribution is 2.15. The minimum atomic E-state index is -2.14. The molecule has 3 aromatic carbocycles. The summed E-state index contributed by atoms with van der Waals surface area (Å²) in [7, 11) is -2.14. The number of halogens is 1. The predicted octanol–water partition coefficient (Wildman–Crippen LogP) is 4.63. The molecule has 3 aromatic rings. The van der Waals surface area contributed by atoms with Gasteiger partial charge in [-0.1, -0.05) is 101 Å². The molecule has 3 rings (SSSR count). The summed E-state index contributed by atoms with van der Waals surface area (Å²) in [5.74, 6) is 3.49. The van der Waals surface area contributed by atoms with Crippen LogP contribution in [0.2, 0.25) is 6.04 Å². The lowest BCUT2D eigenvalue weighted by Gasteiger charge is -2.27. The zero-order chi connectivity index (χ0) is 17.4. The topological polar surface area (TPSA) is 0 Å². The van der Waals surface area contributed by atoms with Gasteiger partial charge in [-0.25, -0.2) is 0 Å². The number of benzene rings is 3. The average Bonchev–Trinajstić information content (AvgIpc) is 2.71. The van der Waals surface area contributed by atoms with E-state index in [1.807, 2.05) is 6.07 Å². The molecule has 0 N–H and O–H groups in total. The Bertz CT molecular complexity index is 793. The molecule has 0 saturated carbocycles. The second-order valence-corrected chi connectivity index (χ2v) is 10.6. The first-order valence-corrected chi connectivity index (χ1v) is 11.9. The summed E-state index contributed by atoms with van der Waals surface area (Å²) in [6.07, 6.45) is 1.12. The van der Waals surface area contributed by atoms with E-state index < -0.39 is 8.07 Å². The molecule has 0 atom stereocenters. The van der Waals surface area contributed by atoms with Gasteiger partial charge in [0.2, 0.25) is 0 Å². The Morgan fingerprint density at radius 3 is 1.64 bits per heavy atom. The first kappa shape index (κ1) is 17.7. The fraction of sp³-hybridized carbons (Fsp3) is 0.130. The van der Waals surface area contributed by atoms with Gasteiger partial charge in [-0.15, -0.1) is 5.54 Å². The highest BCUT2D eigenvalue weighted by Gasteiger charge is 2.35. The fourth-order valence-corrected chi connectivity index (χ4v) is 7.85. The summed E-state index contributed by atoms with van der Waals surface area (Å²) in [4.78, 5) is 0. The number of alkyl halides is 1. The van der Waals surface area contributed by atoms with Gasteiger partial charge < -0.3 is 0 Å². The largest absolute Gasteiger partial charge is 0.199 e. The Kier molecular flexibility index (Phi) is 6.28. The standard InChI is InChI=1S/C23H21BrSi/c24-18-10-19-25(22-13-6-2-7-14-22,23-15-8-3-9-16-23)20-17-21-11-4-1-5-12-21/h1-9,11-16H,10,18-19H2. The summed E-state index contributed by atoms with van der Waals surface area (Å²) < 4.78 is 0. The van der Waals surface area contributed by atoms with E-state index >= 15 is 0 Å². The van der Waals surface area contributed by atoms with E-state index in [-0.39, 0.29) is 0 Å². The van der Waals surface area contributed by atoms with Crippen molar-refractivity contribution in [1.82, 2.24) is 0 Å². The van der Waals surface area contributed by atoms with E-state index in [0.717, 1.165) is 23.4 Å². The van der Waals surface area contributed by atoms with Crippen LogP contribution in [0.15, 0.2) is 91.0 Å². The van der Waals surface area contributed by atoms with Crippen LogP contribution in [0.1, 0.15) is 12.0 Å². The van der Waals surface area contributed by atoms with Crippen LogP contribution in [0.25, 0.3) is 0 Å².